The van der Waals surface area contributed by atoms with E-state index in [-0.39, 0.29) is 17.8 Å². The predicted octanol–water partition coefficient (Wildman–Crippen LogP) is 5.26. The highest BCUT2D eigenvalue weighted by Crippen LogP contribution is 2.45. The third kappa shape index (κ3) is 5.40. The Morgan fingerprint density at radius 1 is 1.10 bits per heavy atom. The Kier molecular flexibility index (Phi) is 7.64. The molecule has 2 N–H and O–H groups in total. The maximum Gasteiger partial charge on any atom is 0.273 e. The van der Waals surface area contributed by atoms with E-state index in [9.17, 15) is 18.5 Å². The van der Waals surface area contributed by atoms with Crippen molar-refractivity contribution in [2.45, 2.75) is 32.9 Å². The number of nitro benzene ring substituents is 1. The van der Waals surface area contributed by atoms with Gasteiger partial charge in [-0.05, 0) is 86.6 Å². The highest BCUT2D eigenvalue weighted by atomic mass is 32.2. The minimum absolute atomic E-state index is 0.0609. The van der Waals surface area contributed by atoms with Crippen LogP contribution in [0.2, 0.25) is 0 Å². The van der Waals surface area contributed by atoms with Crippen LogP contribution in [0.5, 0.6) is 5.75 Å². The largest absolute Gasteiger partial charge is 0.494 e. The van der Waals surface area contributed by atoms with Gasteiger partial charge in [-0.2, -0.15) is 0 Å². The van der Waals surface area contributed by atoms with Crippen molar-refractivity contribution in [3.05, 3.63) is 105 Å². The van der Waals surface area contributed by atoms with Gasteiger partial charge in [0.2, 0.25) is 10.0 Å². The lowest BCUT2D eigenvalue weighted by Crippen LogP contribution is -2.29. The second-order valence-corrected chi connectivity index (χ2v) is 12.3. The Hall–Kier alpha value is -4.49. The molecule has 0 bridgehead atoms. The number of sulfonamides is 1. The van der Waals surface area contributed by atoms with E-state index < -0.39 is 14.9 Å². The third-order valence-corrected chi connectivity index (χ3v) is 8.19. The first-order valence-corrected chi connectivity index (χ1v) is 15.3. The highest BCUT2D eigenvalue weighted by Gasteiger charge is 2.42. The molecular formula is C29H30N6O5S2. The van der Waals surface area contributed by atoms with Gasteiger partial charge in [0.1, 0.15) is 5.75 Å². The molecule has 1 aliphatic heterocycles. The molecule has 13 heteroatoms. The van der Waals surface area contributed by atoms with E-state index in [0.29, 0.717) is 22.2 Å². The summed E-state index contributed by atoms with van der Waals surface area (Å²) in [5.41, 5.74) is 6.18. The molecule has 2 aromatic carbocycles. The number of nitro groups is 1. The van der Waals surface area contributed by atoms with Crippen LogP contribution < -0.4 is 19.7 Å². The summed E-state index contributed by atoms with van der Waals surface area (Å²) < 4.78 is 33.9. The van der Waals surface area contributed by atoms with Gasteiger partial charge in [0.25, 0.3) is 5.69 Å². The fraction of sp³-hybridized carbons (Fsp3) is 0.241. The molecule has 2 atom stereocenters. The minimum atomic E-state index is -3.45. The van der Waals surface area contributed by atoms with Crippen molar-refractivity contribution in [3.63, 3.8) is 0 Å². The fourth-order valence-corrected chi connectivity index (χ4v) is 6.46. The van der Waals surface area contributed by atoms with Crippen LogP contribution in [0, 0.1) is 30.9 Å². The maximum atomic E-state index is 11.9. The first-order chi connectivity index (χ1) is 19.9. The summed E-state index contributed by atoms with van der Waals surface area (Å²) in [7, 11) is -1.96. The molecule has 218 valence electrons. The molecule has 0 aliphatic carbocycles. The Labute approximate surface area is 249 Å². The van der Waals surface area contributed by atoms with E-state index in [1.54, 1.807) is 18.3 Å². The summed E-state index contributed by atoms with van der Waals surface area (Å²) in [5, 5.41) is 15.3. The van der Waals surface area contributed by atoms with Crippen molar-refractivity contribution in [1.29, 1.82) is 0 Å². The van der Waals surface area contributed by atoms with Gasteiger partial charge in [-0.25, -0.2) is 8.42 Å². The quantitative estimate of drug-likeness (QED) is 0.157. The summed E-state index contributed by atoms with van der Waals surface area (Å²) in [5.74, 6) is 0.375. The molecule has 2 aromatic heterocycles. The van der Waals surface area contributed by atoms with Crippen LogP contribution in [0.3, 0.4) is 0 Å². The number of anilines is 2. The zero-order valence-electron chi connectivity index (χ0n) is 23.7. The number of nitrogens with zero attached hydrogens (tertiary/aromatic N) is 4. The molecule has 1 aliphatic rings. The van der Waals surface area contributed by atoms with Crippen molar-refractivity contribution in [2.24, 2.45) is 0 Å². The second kappa shape index (κ2) is 11.1. The van der Waals surface area contributed by atoms with Crippen LogP contribution in [0.1, 0.15) is 40.3 Å². The maximum absolute atomic E-state index is 11.9. The van der Waals surface area contributed by atoms with Gasteiger partial charge in [-0.3, -0.25) is 19.8 Å². The van der Waals surface area contributed by atoms with E-state index in [1.165, 1.54) is 19.2 Å². The number of aromatic nitrogens is 2. The van der Waals surface area contributed by atoms with Gasteiger partial charge in [-0.15, -0.1) is 0 Å². The topological polar surface area (TPSA) is 132 Å². The summed E-state index contributed by atoms with van der Waals surface area (Å²) >= 11 is 5.88. The molecule has 0 amide bonds. The van der Waals surface area contributed by atoms with Crippen LogP contribution >= 0.6 is 12.2 Å². The Bertz CT molecular complexity index is 1810. The minimum Gasteiger partial charge on any atom is -0.494 e. The number of pyridine rings is 1. The van der Waals surface area contributed by atoms with Crippen LogP contribution in [0.15, 0.2) is 66.9 Å². The molecule has 3 heterocycles. The zero-order valence-corrected chi connectivity index (χ0v) is 25.3. The van der Waals surface area contributed by atoms with E-state index in [2.05, 4.69) is 21.1 Å². The van der Waals surface area contributed by atoms with E-state index in [0.717, 1.165) is 40.2 Å². The summed E-state index contributed by atoms with van der Waals surface area (Å²) in [4.78, 5) is 17.6. The van der Waals surface area contributed by atoms with E-state index in [4.69, 9.17) is 17.0 Å². The van der Waals surface area contributed by atoms with Gasteiger partial charge >= 0.3 is 0 Å². The van der Waals surface area contributed by atoms with Gasteiger partial charge < -0.3 is 19.5 Å². The van der Waals surface area contributed by atoms with E-state index in [1.807, 2.05) is 60.6 Å². The molecule has 5 rings (SSSR count). The Balaban J connectivity index is 1.67. The van der Waals surface area contributed by atoms with Crippen LogP contribution in [-0.4, -0.2) is 41.4 Å². The molecule has 42 heavy (non-hydrogen) atoms. The molecule has 0 unspecified atom stereocenters. The molecular weight excluding hydrogens is 576 g/mol. The molecule has 0 radical (unpaired) electrons. The summed E-state index contributed by atoms with van der Waals surface area (Å²) in [6, 6.07) is 17.2. The molecule has 11 nitrogen and oxygen atoms in total. The normalized spacial score (nSPS) is 16.8. The number of aryl methyl sites for hydroxylation is 2. The number of hydrogen-bond donors (Lipinski definition) is 2. The number of non-ortho nitro benzene ring substituents is 1. The first kappa shape index (κ1) is 29.0. The smallest absolute Gasteiger partial charge is 0.273 e. The van der Waals surface area contributed by atoms with E-state index >= 15 is 0 Å². The van der Waals surface area contributed by atoms with Crippen molar-refractivity contribution >= 4 is 44.4 Å². The fourth-order valence-electron chi connectivity index (χ4n) is 5.48. The number of ether oxygens (including phenoxy) is 1. The van der Waals surface area contributed by atoms with Gasteiger partial charge in [-0.1, -0.05) is 6.07 Å². The SMILES string of the molecule is COc1cc([N+](=O)[O-])ccc1-n1c(C)cc([C@@H]2[C@H](c3ccccn3)NC(=S)N2c2ccc(NS(C)(=O)=O)c(C)c2)c1C. The third-order valence-electron chi connectivity index (χ3n) is 7.29. The average molecular weight is 607 g/mol. The molecule has 4 aromatic rings. The molecule has 0 saturated carbocycles. The Morgan fingerprint density at radius 2 is 1.86 bits per heavy atom. The number of benzene rings is 2. The van der Waals surface area contributed by atoms with Crippen molar-refractivity contribution in [3.8, 4) is 11.4 Å². The first-order valence-electron chi connectivity index (χ1n) is 13.0. The van der Waals surface area contributed by atoms with Crippen molar-refractivity contribution in [1.82, 2.24) is 14.9 Å². The van der Waals surface area contributed by atoms with Gasteiger partial charge in [0, 0.05) is 29.3 Å². The van der Waals surface area contributed by atoms with Crippen LogP contribution in [-0.2, 0) is 10.0 Å². The van der Waals surface area contributed by atoms with Crippen molar-refractivity contribution in [2.75, 3.05) is 23.0 Å². The highest BCUT2D eigenvalue weighted by molar-refractivity contribution is 7.92. The molecule has 1 saturated heterocycles. The van der Waals surface area contributed by atoms with Crippen LogP contribution in [0.4, 0.5) is 17.1 Å². The number of hydrogen-bond acceptors (Lipinski definition) is 7. The number of thiocarbonyl (C=S) groups is 1. The van der Waals surface area contributed by atoms with Gasteiger partial charge in [0.05, 0.1) is 53.5 Å². The van der Waals surface area contributed by atoms with Crippen molar-refractivity contribution < 1.29 is 18.1 Å². The van der Waals surface area contributed by atoms with Crippen LogP contribution in [0.25, 0.3) is 5.69 Å². The van der Waals surface area contributed by atoms with Gasteiger partial charge in [0.15, 0.2) is 5.11 Å². The predicted molar refractivity (Wildman–Crippen MR) is 166 cm³/mol. The standard InChI is InChI=1S/C29H30N6O5S2/c1-17-14-20(9-11-23(17)32-42(5,38)39)34-28(27(31-29(34)41)24-8-6-7-13-30-24)22-15-18(2)33(19(22)3)25-12-10-21(35(36)37)16-26(25)40-4/h6-16,27-28,32H,1-5H3,(H,31,41)/t27-,28+/m0/s1. The molecule has 0 spiro atoms. The lowest BCUT2D eigenvalue weighted by Gasteiger charge is -2.29. The summed E-state index contributed by atoms with van der Waals surface area (Å²) in [6.45, 7) is 5.79. The molecule has 1 fully saturated rings. The zero-order chi connectivity index (χ0) is 30.3. The lowest BCUT2D eigenvalue weighted by atomic mass is 9.96. The monoisotopic (exact) mass is 606 g/mol. The summed E-state index contributed by atoms with van der Waals surface area (Å²) in [6.07, 6.45) is 2.85. The number of nitrogens with one attached hydrogen (secondary N) is 2. The Morgan fingerprint density at radius 3 is 2.48 bits per heavy atom. The number of rotatable bonds is 8. The lowest BCUT2D eigenvalue weighted by molar-refractivity contribution is -0.384. The second-order valence-electron chi connectivity index (χ2n) is 10.1. The average Bonchev–Trinajstić information content (AvgIpc) is 3.43. The number of methoxy groups -OCH3 is 1.